The van der Waals surface area contributed by atoms with Gasteiger partial charge in [0, 0.05) is 7.05 Å². The molecule has 0 aliphatic heterocycles. The lowest BCUT2D eigenvalue weighted by Gasteiger charge is -2.13. The van der Waals surface area contributed by atoms with Crippen LogP contribution in [0.2, 0.25) is 0 Å². The first-order valence-electron chi connectivity index (χ1n) is 5.00. The van der Waals surface area contributed by atoms with E-state index in [-0.39, 0.29) is 16.2 Å². The summed E-state index contributed by atoms with van der Waals surface area (Å²) < 4.78 is 2.14. The molecule has 0 saturated heterocycles. The van der Waals surface area contributed by atoms with Gasteiger partial charge in [-0.1, -0.05) is 0 Å². The molecule has 0 aliphatic carbocycles. The van der Waals surface area contributed by atoms with E-state index < -0.39 is 6.04 Å². The predicted molar refractivity (Wildman–Crippen MR) is 70.0 cm³/mol. The first kappa shape index (κ1) is 12.0. The normalized spacial score (nSPS) is 12.6. The molecule has 90 valence electrons. The molecule has 1 unspecified atom stereocenters. The number of rotatable bonds is 2. The molecule has 0 fully saturated rings. The summed E-state index contributed by atoms with van der Waals surface area (Å²) in [5, 5.41) is 4.32. The molecule has 2 rings (SSSR count). The van der Waals surface area contributed by atoms with Crippen molar-refractivity contribution in [3.8, 4) is 0 Å². The molecule has 1 amide bonds. The molecule has 17 heavy (non-hydrogen) atoms. The van der Waals surface area contributed by atoms with E-state index in [0.717, 1.165) is 0 Å². The van der Waals surface area contributed by atoms with Crippen LogP contribution < -0.4 is 10.9 Å². The zero-order valence-corrected chi connectivity index (χ0v) is 10.9. The van der Waals surface area contributed by atoms with Crippen LogP contribution in [0.25, 0.3) is 10.2 Å². The van der Waals surface area contributed by atoms with Gasteiger partial charge in [-0.2, -0.15) is 0 Å². The summed E-state index contributed by atoms with van der Waals surface area (Å²) in [4.78, 5) is 26.7. The lowest BCUT2D eigenvalue weighted by Crippen LogP contribution is -2.34. The second-order valence-electron chi connectivity index (χ2n) is 3.56. The van der Waals surface area contributed by atoms with Crippen molar-refractivity contribution in [1.82, 2.24) is 14.9 Å². The van der Waals surface area contributed by atoms with Crippen molar-refractivity contribution < 1.29 is 4.79 Å². The predicted octanol–water partition coefficient (Wildman–Crippen LogP) is 1.43. The molecule has 2 N–H and O–H groups in total. The van der Waals surface area contributed by atoms with Crippen LogP contribution in [0.5, 0.6) is 0 Å². The number of H-pyrrole nitrogens is 1. The van der Waals surface area contributed by atoms with Crippen molar-refractivity contribution in [1.29, 1.82) is 0 Å². The minimum Gasteiger partial charge on any atom is -0.357 e. The van der Waals surface area contributed by atoms with Gasteiger partial charge < -0.3 is 10.3 Å². The van der Waals surface area contributed by atoms with Crippen molar-refractivity contribution in [2.45, 2.75) is 13.0 Å². The first-order chi connectivity index (χ1) is 8.06. The van der Waals surface area contributed by atoms with Gasteiger partial charge in [-0.05, 0) is 30.6 Å². The van der Waals surface area contributed by atoms with E-state index in [4.69, 9.17) is 12.2 Å². The fourth-order valence-corrected chi connectivity index (χ4v) is 2.76. The monoisotopic (exact) mass is 269 g/mol. The van der Waals surface area contributed by atoms with Crippen LogP contribution in [0, 0.1) is 4.77 Å². The maximum atomic E-state index is 12.2. The number of carbonyl (C=O) groups excluding carboxylic acids is 1. The second kappa shape index (κ2) is 4.42. The number of thiophene rings is 1. The van der Waals surface area contributed by atoms with Gasteiger partial charge in [-0.25, -0.2) is 0 Å². The molecule has 0 saturated carbocycles. The number of likely N-dealkylation sites (N-methyl/N-ethyl adjacent to an activating group) is 1. The molecule has 0 bridgehead atoms. The van der Waals surface area contributed by atoms with Gasteiger partial charge >= 0.3 is 0 Å². The van der Waals surface area contributed by atoms with E-state index in [0.29, 0.717) is 10.2 Å². The van der Waals surface area contributed by atoms with E-state index in [1.165, 1.54) is 23.0 Å². The minimum absolute atomic E-state index is 0.227. The third-order valence-electron chi connectivity index (χ3n) is 2.55. The van der Waals surface area contributed by atoms with E-state index >= 15 is 0 Å². The maximum Gasteiger partial charge on any atom is 0.272 e. The Hall–Kier alpha value is -1.47. The van der Waals surface area contributed by atoms with Gasteiger partial charge in [0.15, 0.2) is 4.77 Å². The third-order valence-corrected chi connectivity index (χ3v) is 3.75. The van der Waals surface area contributed by atoms with Gasteiger partial charge in [0.1, 0.15) is 10.7 Å². The van der Waals surface area contributed by atoms with Crippen LogP contribution in [0.4, 0.5) is 0 Å². The summed E-state index contributed by atoms with van der Waals surface area (Å²) in [6.07, 6.45) is 0. The fraction of sp³-hybridized carbons (Fsp3) is 0.300. The summed E-state index contributed by atoms with van der Waals surface area (Å²) in [5.41, 5.74) is 0.486. The Morgan fingerprint density at radius 3 is 3.00 bits per heavy atom. The molecule has 2 aromatic heterocycles. The Morgan fingerprint density at radius 1 is 1.65 bits per heavy atom. The van der Waals surface area contributed by atoms with Gasteiger partial charge in [0.2, 0.25) is 5.91 Å². The average molecular weight is 269 g/mol. The van der Waals surface area contributed by atoms with E-state index in [9.17, 15) is 9.59 Å². The number of nitrogens with one attached hydrogen (secondary N) is 2. The number of amides is 1. The zero-order valence-electron chi connectivity index (χ0n) is 9.31. The summed E-state index contributed by atoms with van der Waals surface area (Å²) in [6.45, 7) is 1.64. The molecular weight excluding hydrogens is 258 g/mol. The number of carbonyl (C=O) groups is 1. The quantitative estimate of drug-likeness (QED) is 0.810. The molecule has 0 spiro atoms. The van der Waals surface area contributed by atoms with E-state index in [1.807, 2.05) is 5.38 Å². The Kier molecular flexibility index (Phi) is 3.12. The first-order valence-corrected chi connectivity index (χ1v) is 6.28. The van der Waals surface area contributed by atoms with Crippen LogP contribution >= 0.6 is 23.6 Å². The topological polar surface area (TPSA) is 66.9 Å². The summed E-state index contributed by atoms with van der Waals surface area (Å²) >= 11 is 6.44. The summed E-state index contributed by atoms with van der Waals surface area (Å²) in [7, 11) is 1.53. The van der Waals surface area contributed by atoms with Gasteiger partial charge in [0.05, 0.1) is 5.52 Å². The average Bonchev–Trinajstić information content (AvgIpc) is 2.75. The standard InChI is InChI=1S/C10H11N3O2S2/c1-5(8(14)11-2)13-9(15)7-6(3-4-17-7)12-10(13)16/h3-5H,1-2H3,(H,11,14)(H,12,16). The van der Waals surface area contributed by atoms with Gasteiger partial charge in [-0.15, -0.1) is 11.3 Å². The Bertz CT molecular complexity index is 683. The molecule has 5 nitrogen and oxygen atoms in total. The van der Waals surface area contributed by atoms with E-state index in [2.05, 4.69) is 10.3 Å². The largest absolute Gasteiger partial charge is 0.357 e. The molecular formula is C10H11N3O2S2. The van der Waals surface area contributed by atoms with Crippen LogP contribution in [0.15, 0.2) is 16.2 Å². The number of aromatic amines is 1. The Balaban J connectivity index is 2.73. The third kappa shape index (κ3) is 1.91. The Morgan fingerprint density at radius 2 is 2.35 bits per heavy atom. The van der Waals surface area contributed by atoms with Crippen molar-refractivity contribution in [3.05, 3.63) is 26.6 Å². The van der Waals surface area contributed by atoms with Gasteiger partial charge in [-0.3, -0.25) is 14.2 Å². The molecule has 1 atom stereocenters. The fourth-order valence-electron chi connectivity index (χ4n) is 1.63. The van der Waals surface area contributed by atoms with Crippen molar-refractivity contribution in [2.75, 3.05) is 7.05 Å². The molecule has 2 heterocycles. The maximum absolute atomic E-state index is 12.2. The smallest absolute Gasteiger partial charge is 0.272 e. The van der Waals surface area contributed by atoms with E-state index in [1.54, 1.807) is 13.0 Å². The van der Waals surface area contributed by atoms with Crippen LogP contribution in [-0.4, -0.2) is 22.5 Å². The Labute approximate surface area is 106 Å². The summed E-state index contributed by atoms with van der Waals surface area (Å²) in [6, 6.07) is 1.18. The zero-order chi connectivity index (χ0) is 12.6. The molecule has 0 radical (unpaired) electrons. The van der Waals surface area contributed by atoms with Crippen molar-refractivity contribution in [2.24, 2.45) is 0 Å². The number of hydrogen-bond donors (Lipinski definition) is 2. The highest BCUT2D eigenvalue weighted by molar-refractivity contribution is 7.71. The lowest BCUT2D eigenvalue weighted by molar-refractivity contribution is -0.123. The number of aromatic nitrogens is 2. The van der Waals surface area contributed by atoms with Crippen LogP contribution in [0.3, 0.4) is 0 Å². The minimum atomic E-state index is -0.622. The summed E-state index contributed by atoms with van der Waals surface area (Å²) in [5.74, 6) is -0.248. The highest BCUT2D eigenvalue weighted by atomic mass is 32.1. The molecule has 7 heteroatoms. The molecule has 0 aromatic carbocycles. The number of fused-ring (bicyclic) bond motifs is 1. The second-order valence-corrected chi connectivity index (χ2v) is 4.86. The lowest BCUT2D eigenvalue weighted by atomic mass is 10.3. The number of hydrogen-bond acceptors (Lipinski definition) is 4. The van der Waals surface area contributed by atoms with Gasteiger partial charge in [0.25, 0.3) is 5.56 Å². The molecule has 0 aliphatic rings. The highest BCUT2D eigenvalue weighted by Crippen LogP contribution is 2.15. The van der Waals surface area contributed by atoms with Crippen LogP contribution in [-0.2, 0) is 4.79 Å². The number of nitrogens with zero attached hydrogens (tertiary/aromatic N) is 1. The van der Waals surface area contributed by atoms with Crippen LogP contribution in [0.1, 0.15) is 13.0 Å². The highest BCUT2D eigenvalue weighted by Gasteiger charge is 2.17. The SMILES string of the molecule is CNC(=O)C(C)n1c(=S)[nH]c2ccsc2c1=O. The van der Waals surface area contributed by atoms with Crippen molar-refractivity contribution >= 4 is 39.7 Å². The van der Waals surface area contributed by atoms with Crippen molar-refractivity contribution in [3.63, 3.8) is 0 Å². The molecule has 2 aromatic rings.